The Labute approximate surface area is 71.9 Å². The van der Waals surface area contributed by atoms with Crippen molar-refractivity contribution in [2.24, 2.45) is 5.41 Å². The summed E-state index contributed by atoms with van der Waals surface area (Å²) in [4.78, 5) is 0. The molecule has 0 atom stereocenters. The molecular formula is C5H11ClO4S. The zero-order valence-electron chi connectivity index (χ0n) is 6.63. The lowest BCUT2D eigenvalue weighted by Gasteiger charge is -2.15. The predicted octanol–water partition coefficient (Wildman–Crippen LogP) is 1.46. The van der Waals surface area contributed by atoms with E-state index < -0.39 is 10.4 Å². The van der Waals surface area contributed by atoms with Crippen LogP contribution in [0.3, 0.4) is 0 Å². The highest BCUT2D eigenvalue weighted by Gasteiger charge is 2.17. The molecule has 0 heterocycles. The van der Waals surface area contributed by atoms with Crippen molar-refractivity contribution in [2.75, 3.05) is 6.61 Å². The Morgan fingerprint density at radius 3 is 2.09 bits per heavy atom. The summed E-state index contributed by atoms with van der Waals surface area (Å²) in [6, 6.07) is 0. The summed E-state index contributed by atoms with van der Waals surface area (Å²) in [5.41, 5.74) is -0.234. The van der Waals surface area contributed by atoms with Crippen molar-refractivity contribution in [1.82, 2.24) is 0 Å². The lowest BCUT2D eigenvalue weighted by Crippen LogP contribution is -2.18. The van der Waals surface area contributed by atoms with E-state index in [9.17, 15) is 8.42 Å². The van der Waals surface area contributed by atoms with Crippen molar-refractivity contribution in [3.8, 4) is 0 Å². The molecule has 0 radical (unpaired) electrons. The molecule has 68 valence electrons. The van der Waals surface area contributed by atoms with Crippen LogP contribution in [0.25, 0.3) is 0 Å². The van der Waals surface area contributed by atoms with Gasteiger partial charge < -0.3 is 0 Å². The minimum Gasteiger partial charge on any atom is -0.247 e. The van der Waals surface area contributed by atoms with Gasteiger partial charge in [-0.3, -0.25) is 0 Å². The predicted molar refractivity (Wildman–Crippen MR) is 41.3 cm³/mol. The maximum Gasteiger partial charge on any atom is 0.416 e. The van der Waals surface area contributed by atoms with E-state index in [0.29, 0.717) is 0 Å². The number of hydrogen-bond acceptors (Lipinski definition) is 4. The molecule has 0 rings (SSSR count). The summed E-state index contributed by atoms with van der Waals surface area (Å²) in [6.07, 6.45) is 0. The van der Waals surface area contributed by atoms with Crippen LogP contribution < -0.4 is 0 Å². The van der Waals surface area contributed by atoms with Gasteiger partial charge in [0.25, 0.3) is 0 Å². The van der Waals surface area contributed by atoms with Crippen molar-refractivity contribution in [2.45, 2.75) is 20.8 Å². The van der Waals surface area contributed by atoms with E-state index in [0.717, 1.165) is 0 Å². The Morgan fingerprint density at radius 2 is 1.82 bits per heavy atom. The van der Waals surface area contributed by atoms with Crippen molar-refractivity contribution in [3.63, 3.8) is 0 Å². The lowest BCUT2D eigenvalue weighted by molar-refractivity contribution is 0.185. The summed E-state index contributed by atoms with van der Waals surface area (Å²) in [6.45, 7) is 5.53. The molecule has 0 bridgehead atoms. The second kappa shape index (κ2) is 3.71. The monoisotopic (exact) mass is 202 g/mol. The van der Waals surface area contributed by atoms with E-state index >= 15 is 0 Å². The average molecular weight is 203 g/mol. The minimum atomic E-state index is -3.99. The Bertz CT molecular complexity index is 203. The van der Waals surface area contributed by atoms with E-state index in [1.807, 2.05) is 20.8 Å². The maximum atomic E-state index is 10.5. The standard InChI is InChI=1S/C5H11ClO4S/c1-5(2,3)4-9-11(7,8)10-6/h4H2,1-3H3. The van der Waals surface area contributed by atoms with Crippen LogP contribution in [-0.4, -0.2) is 15.0 Å². The van der Waals surface area contributed by atoms with Gasteiger partial charge in [0.05, 0.1) is 18.5 Å². The summed E-state index contributed by atoms with van der Waals surface area (Å²) in [7, 11) is -3.99. The second-order valence-electron chi connectivity index (χ2n) is 3.29. The fraction of sp³-hybridized carbons (Fsp3) is 1.00. The molecule has 0 aliphatic rings. The van der Waals surface area contributed by atoms with Crippen LogP contribution in [-0.2, 0) is 18.3 Å². The Morgan fingerprint density at radius 1 is 1.36 bits per heavy atom. The van der Waals surface area contributed by atoms with Crippen LogP contribution in [0.2, 0.25) is 0 Å². The topological polar surface area (TPSA) is 52.6 Å². The largest absolute Gasteiger partial charge is 0.416 e. The van der Waals surface area contributed by atoms with Crippen molar-refractivity contribution >= 4 is 22.3 Å². The third-order valence-electron chi connectivity index (χ3n) is 0.713. The van der Waals surface area contributed by atoms with Gasteiger partial charge in [-0.1, -0.05) is 20.8 Å². The zero-order chi connectivity index (χ0) is 9.12. The Hall–Kier alpha value is 0.160. The molecule has 11 heavy (non-hydrogen) atoms. The minimum absolute atomic E-state index is 0.0437. The van der Waals surface area contributed by atoms with Crippen LogP contribution in [0.4, 0.5) is 0 Å². The number of halogens is 1. The Balaban J connectivity index is 3.91. The fourth-order valence-corrected chi connectivity index (χ4v) is 0.910. The molecular weight excluding hydrogens is 192 g/mol. The normalized spacial score (nSPS) is 13.5. The van der Waals surface area contributed by atoms with Crippen LogP contribution >= 0.6 is 11.9 Å². The lowest BCUT2D eigenvalue weighted by atomic mass is 9.99. The number of hydrogen-bond donors (Lipinski definition) is 0. The highest BCUT2D eigenvalue weighted by atomic mass is 35.5. The van der Waals surface area contributed by atoms with Crippen LogP contribution in [0.15, 0.2) is 0 Å². The van der Waals surface area contributed by atoms with Gasteiger partial charge in [0.1, 0.15) is 0 Å². The van der Waals surface area contributed by atoms with Crippen LogP contribution in [0.5, 0.6) is 0 Å². The van der Waals surface area contributed by atoms with Gasteiger partial charge in [-0.05, 0) is 5.41 Å². The average Bonchev–Trinajstić information content (AvgIpc) is 1.83. The van der Waals surface area contributed by atoms with Gasteiger partial charge in [-0.15, -0.1) is 3.74 Å². The smallest absolute Gasteiger partial charge is 0.247 e. The maximum absolute atomic E-state index is 10.5. The van der Waals surface area contributed by atoms with Gasteiger partial charge >= 0.3 is 10.4 Å². The van der Waals surface area contributed by atoms with Gasteiger partial charge in [-0.25, -0.2) is 4.18 Å². The number of rotatable bonds is 3. The molecule has 0 aliphatic heterocycles. The van der Waals surface area contributed by atoms with E-state index in [1.165, 1.54) is 0 Å². The van der Waals surface area contributed by atoms with Gasteiger partial charge in [0.15, 0.2) is 0 Å². The van der Waals surface area contributed by atoms with E-state index in [-0.39, 0.29) is 12.0 Å². The molecule has 6 heteroatoms. The first-order valence-electron chi connectivity index (χ1n) is 2.96. The van der Waals surface area contributed by atoms with E-state index in [1.54, 1.807) is 0 Å². The van der Waals surface area contributed by atoms with Crippen LogP contribution in [0, 0.1) is 5.41 Å². The molecule has 0 amide bonds. The molecule has 0 unspecified atom stereocenters. The molecule has 0 aromatic carbocycles. The molecule has 0 aliphatic carbocycles. The molecule has 0 spiro atoms. The third-order valence-corrected chi connectivity index (χ3v) is 1.74. The third kappa shape index (κ3) is 6.55. The highest BCUT2D eigenvalue weighted by Crippen LogP contribution is 2.15. The summed E-state index contributed by atoms with van der Waals surface area (Å²) in [5.74, 6) is 0. The van der Waals surface area contributed by atoms with Crippen LogP contribution in [0.1, 0.15) is 20.8 Å². The van der Waals surface area contributed by atoms with Gasteiger partial charge in [0.2, 0.25) is 0 Å². The quantitative estimate of drug-likeness (QED) is 0.696. The van der Waals surface area contributed by atoms with Crippen molar-refractivity contribution in [3.05, 3.63) is 0 Å². The molecule has 0 saturated carbocycles. The van der Waals surface area contributed by atoms with Crippen molar-refractivity contribution < 1.29 is 16.3 Å². The van der Waals surface area contributed by atoms with E-state index in [4.69, 9.17) is 0 Å². The zero-order valence-corrected chi connectivity index (χ0v) is 8.20. The van der Waals surface area contributed by atoms with Crippen molar-refractivity contribution in [1.29, 1.82) is 0 Å². The fourth-order valence-electron chi connectivity index (χ4n) is 0.267. The molecule has 0 aromatic heterocycles. The van der Waals surface area contributed by atoms with Gasteiger partial charge in [0, 0.05) is 0 Å². The first kappa shape index (κ1) is 11.2. The van der Waals surface area contributed by atoms with Gasteiger partial charge in [-0.2, -0.15) is 8.42 Å². The summed E-state index contributed by atoms with van der Waals surface area (Å²) in [5, 5.41) is 0. The van der Waals surface area contributed by atoms with E-state index in [2.05, 4.69) is 19.8 Å². The molecule has 0 N–H and O–H groups in total. The highest BCUT2D eigenvalue weighted by molar-refractivity contribution is 7.82. The summed E-state index contributed by atoms with van der Waals surface area (Å²) >= 11 is 4.61. The molecule has 0 saturated heterocycles. The Kier molecular flexibility index (Phi) is 3.76. The first-order chi connectivity index (χ1) is 4.77. The molecule has 4 nitrogen and oxygen atoms in total. The molecule has 0 aromatic rings. The summed E-state index contributed by atoms with van der Waals surface area (Å²) < 4.78 is 28.9. The first-order valence-corrected chi connectivity index (χ1v) is 4.61. The SMILES string of the molecule is CC(C)(C)COS(=O)(=O)OCl. The molecule has 0 fully saturated rings. The second-order valence-corrected chi connectivity index (χ2v) is 4.85.